The summed E-state index contributed by atoms with van der Waals surface area (Å²) in [5, 5.41) is 50.2. The third-order valence-electron chi connectivity index (χ3n) is 15.1. The molecule has 0 aromatic heterocycles. The Bertz CT molecular complexity index is 1190. The summed E-state index contributed by atoms with van der Waals surface area (Å²) in [6, 6.07) is 0. The number of ether oxygens (including phenoxy) is 1. The summed E-state index contributed by atoms with van der Waals surface area (Å²) in [5.74, 6) is 0.295. The summed E-state index contributed by atoms with van der Waals surface area (Å²) in [7, 11) is 0. The van der Waals surface area contributed by atoms with Crippen molar-refractivity contribution in [3.05, 3.63) is 11.6 Å². The Balaban J connectivity index is 1.24. The van der Waals surface area contributed by atoms with Gasteiger partial charge in [-0.15, -0.1) is 0 Å². The number of hydrogen-bond donors (Lipinski definition) is 6. The highest BCUT2D eigenvalue weighted by Crippen LogP contribution is 2.70. The van der Waals surface area contributed by atoms with Gasteiger partial charge in [0, 0.05) is 17.8 Å². The van der Waals surface area contributed by atoms with Crippen molar-refractivity contribution in [3.63, 3.8) is 0 Å². The summed E-state index contributed by atoms with van der Waals surface area (Å²) in [6.45, 7) is 13.6. The number of allylic oxidation sites excluding steroid dienone is 1. The van der Waals surface area contributed by atoms with Crippen molar-refractivity contribution in [1.82, 2.24) is 0 Å². The number of hydrogen-bond acceptors (Lipinski definition) is 7. The van der Waals surface area contributed by atoms with E-state index in [0.717, 1.165) is 63.5 Å². The number of aliphatic hydroxyl groups excluding tert-OH is 1. The van der Waals surface area contributed by atoms with Crippen LogP contribution in [-0.4, -0.2) is 74.0 Å². The maximum Gasteiger partial charge on any atom is 0.159 e. The molecule has 2 heterocycles. The minimum absolute atomic E-state index is 0.0460. The maximum atomic E-state index is 13.6. The zero-order chi connectivity index (χ0) is 32.8. The van der Waals surface area contributed by atoms with Gasteiger partial charge in [0.1, 0.15) is 18.4 Å². The molecule has 13 unspecified atom stereocenters. The molecule has 8 N–H and O–H groups in total. The molecule has 0 radical (unpaired) electrons. The molecule has 45 heavy (non-hydrogen) atoms. The van der Waals surface area contributed by atoms with Crippen molar-refractivity contribution >= 4 is 5.78 Å². The molecule has 2 aliphatic heterocycles. The Morgan fingerprint density at radius 3 is 2.42 bits per heavy atom. The largest absolute Gasteiger partial charge is 0.393 e. The van der Waals surface area contributed by atoms with E-state index < -0.39 is 45.9 Å². The van der Waals surface area contributed by atoms with Crippen LogP contribution in [0.1, 0.15) is 125 Å². The molecule has 0 amide bonds. The topological polar surface area (TPSA) is 153 Å². The van der Waals surface area contributed by atoms with Crippen LogP contribution < -0.4 is 11.1 Å². The van der Waals surface area contributed by atoms with E-state index in [2.05, 4.69) is 39.9 Å². The fourth-order valence-corrected chi connectivity index (χ4v) is 11.6. The lowest BCUT2D eigenvalue weighted by Crippen LogP contribution is -2.94. The third-order valence-corrected chi connectivity index (χ3v) is 15.1. The summed E-state index contributed by atoms with van der Waals surface area (Å²) >= 11 is 0. The number of epoxide rings is 1. The predicted molar refractivity (Wildman–Crippen MR) is 173 cm³/mol. The molecule has 3 saturated carbocycles. The molecule has 256 valence electrons. The van der Waals surface area contributed by atoms with Crippen LogP contribution >= 0.6 is 0 Å². The van der Waals surface area contributed by atoms with Crippen LogP contribution in [0.4, 0.5) is 0 Å². The monoisotopic (exact) mass is 631 g/mol. The second kappa shape index (κ2) is 11.3. The van der Waals surface area contributed by atoms with Gasteiger partial charge in [0.25, 0.3) is 0 Å². The minimum Gasteiger partial charge on any atom is -0.393 e. The molecule has 6 rings (SSSR count). The lowest BCUT2D eigenvalue weighted by molar-refractivity contribution is -0.699. The molecule has 2 saturated heterocycles. The van der Waals surface area contributed by atoms with Crippen LogP contribution in [0.3, 0.4) is 0 Å². The van der Waals surface area contributed by atoms with Gasteiger partial charge in [-0.05, 0) is 118 Å². The van der Waals surface area contributed by atoms with Crippen LogP contribution in [0.25, 0.3) is 0 Å². The Labute approximate surface area is 270 Å². The lowest BCUT2D eigenvalue weighted by atomic mass is 9.45. The second-order valence-electron chi connectivity index (χ2n) is 17.8. The van der Waals surface area contributed by atoms with Crippen molar-refractivity contribution in [1.29, 1.82) is 0 Å². The van der Waals surface area contributed by atoms with Gasteiger partial charge < -0.3 is 30.5 Å². The molecule has 6 aliphatic rings. The van der Waals surface area contributed by atoms with E-state index in [0.29, 0.717) is 38.0 Å². The molecule has 0 spiro atoms. The van der Waals surface area contributed by atoms with Crippen LogP contribution in [0.15, 0.2) is 11.6 Å². The van der Waals surface area contributed by atoms with E-state index >= 15 is 0 Å². The van der Waals surface area contributed by atoms with E-state index in [4.69, 9.17) is 10.5 Å². The minimum atomic E-state index is -1.20. The average molecular weight is 632 g/mol. The van der Waals surface area contributed by atoms with Crippen LogP contribution in [0, 0.1) is 39.9 Å². The maximum absolute atomic E-state index is 13.6. The highest BCUT2D eigenvalue weighted by Gasteiger charge is 2.73. The number of nitrogens with two attached hydrogens (primary N) is 2. The number of fused-ring (bicyclic) bond motifs is 5. The van der Waals surface area contributed by atoms with Crippen molar-refractivity contribution in [2.45, 2.75) is 166 Å². The van der Waals surface area contributed by atoms with Crippen LogP contribution in [0.2, 0.25) is 0 Å². The molecule has 13 atom stereocenters. The number of aliphatic hydroxyl groups is 4. The SMILES string of the molecule is CCCC(O)(C1OC1C(C)(O)C(C)(C)CCC1CC[NH2+]C(N)C1)C1CCC2(O)C3=CC(=O)C4CC(O)CCC4(C)C3CCC12C. The second-order valence-corrected chi connectivity index (χ2v) is 17.8. The third kappa shape index (κ3) is 5.14. The predicted octanol–water partition coefficient (Wildman–Crippen LogP) is 3.33. The number of carbonyl (C=O) groups excluding carboxylic acids is 1. The fourth-order valence-electron chi connectivity index (χ4n) is 11.6. The first kappa shape index (κ1) is 34.0. The first-order chi connectivity index (χ1) is 20.9. The standard InChI is InChI=1S/C37H62N2O6/c1-7-13-36(43,31-30(45-31)35(6,42)32(2,3)14-8-22-12-18-39-29(38)19-22)28-11-17-37(44)25-21-27(41)26-20-23(40)9-15-33(26,4)24(25)10-16-34(28,37)5/h21-24,26,28-31,39-40,42-44H,7-20,38H2,1-6H3/p+1. The van der Waals surface area contributed by atoms with Gasteiger partial charge in [-0.3, -0.25) is 10.5 Å². The van der Waals surface area contributed by atoms with E-state index in [1.54, 1.807) is 6.08 Å². The number of rotatable bonds is 9. The molecular formula is C37H63N2O6+. The Hall–Kier alpha value is -0.870. The number of ketones is 1. The van der Waals surface area contributed by atoms with Crippen LogP contribution in [0.5, 0.6) is 0 Å². The molecule has 8 heteroatoms. The van der Waals surface area contributed by atoms with E-state index in [-0.39, 0.29) is 35.1 Å². The first-order valence-corrected chi connectivity index (χ1v) is 18.3. The Kier molecular flexibility index (Phi) is 8.58. The molecule has 0 aromatic carbocycles. The molecule has 0 bridgehead atoms. The van der Waals surface area contributed by atoms with Gasteiger partial charge in [0.15, 0.2) is 5.78 Å². The molecule has 4 aliphatic carbocycles. The number of carbonyl (C=O) groups is 1. The summed E-state index contributed by atoms with van der Waals surface area (Å²) in [4.78, 5) is 13.6. The van der Waals surface area contributed by atoms with Gasteiger partial charge in [0.2, 0.25) is 0 Å². The Morgan fingerprint density at radius 2 is 1.73 bits per heavy atom. The fraction of sp³-hybridized carbons (Fsp3) is 0.919. The molecule has 0 aromatic rings. The van der Waals surface area contributed by atoms with Crippen molar-refractivity contribution in [2.75, 3.05) is 6.54 Å². The van der Waals surface area contributed by atoms with Gasteiger partial charge in [0.05, 0.1) is 29.5 Å². The summed E-state index contributed by atoms with van der Waals surface area (Å²) in [5.41, 5.74) is 2.28. The number of quaternary nitrogens is 1. The average Bonchev–Trinajstić information content (AvgIpc) is 3.74. The number of piperidine rings is 1. The van der Waals surface area contributed by atoms with Crippen molar-refractivity contribution in [3.8, 4) is 0 Å². The normalized spacial score (nSPS) is 47.5. The molecule has 5 fully saturated rings. The lowest BCUT2D eigenvalue weighted by Gasteiger charge is -2.60. The Morgan fingerprint density at radius 1 is 1.00 bits per heavy atom. The molecular weight excluding hydrogens is 568 g/mol. The van der Waals surface area contributed by atoms with E-state index in [9.17, 15) is 25.2 Å². The summed E-state index contributed by atoms with van der Waals surface area (Å²) < 4.78 is 6.39. The zero-order valence-electron chi connectivity index (χ0n) is 28.9. The first-order valence-electron chi connectivity index (χ1n) is 18.3. The highest BCUT2D eigenvalue weighted by molar-refractivity contribution is 5.95. The zero-order valence-corrected chi connectivity index (χ0v) is 28.9. The van der Waals surface area contributed by atoms with E-state index in [1.165, 1.54) is 0 Å². The summed E-state index contributed by atoms with van der Waals surface area (Å²) in [6.07, 6.45) is 10.6. The van der Waals surface area contributed by atoms with E-state index in [1.807, 2.05) is 6.92 Å². The van der Waals surface area contributed by atoms with Crippen molar-refractivity contribution < 1.29 is 35.3 Å². The highest BCUT2D eigenvalue weighted by atomic mass is 16.6. The van der Waals surface area contributed by atoms with Gasteiger partial charge >= 0.3 is 0 Å². The van der Waals surface area contributed by atoms with Gasteiger partial charge in [-0.2, -0.15) is 0 Å². The van der Waals surface area contributed by atoms with Gasteiger partial charge in [-0.1, -0.05) is 41.0 Å². The van der Waals surface area contributed by atoms with Crippen LogP contribution in [-0.2, 0) is 9.53 Å². The van der Waals surface area contributed by atoms with Crippen molar-refractivity contribution in [2.24, 2.45) is 45.7 Å². The quantitative estimate of drug-likeness (QED) is 0.214. The van der Waals surface area contributed by atoms with Gasteiger partial charge in [-0.25, -0.2) is 0 Å². The smallest absolute Gasteiger partial charge is 0.159 e. The molecule has 8 nitrogen and oxygen atoms in total.